The van der Waals surface area contributed by atoms with Gasteiger partial charge in [-0.05, 0) is 84.8 Å². The summed E-state index contributed by atoms with van der Waals surface area (Å²) in [6, 6.07) is 12.5. The topological polar surface area (TPSA) is 223 Å². The zero-order valence-electron chi connectivity index (χ0n) is 40.8. The van der Waals surface area contributed by atoms with E-state index in [1.807, 2.05) is 26.8 Å². The van der Waals surface area contributed by atoms with Gasteiger partial charge in [0, 0.05) is 97.3 Å². The van der Waals surface area contributed by atoms with E-state index >= 15 is 4.39 Å². The first-order valence-electron chi connectivity index (χ1n) is 23.9. The smallest absolute Gasteiger partial charge is 0.471 e. The van der Waals surface area contributed by atoms with Crippen molar-refractivity contribution >= 4 is 66.0 Å². The molecule has 18 nitrogen and oxygen atoms in total. The van der Waals surface area contributed by atoms with Crippen molar-refractivity contribution in [3.63, 3.8) is 0 Å². The van der Waals surface area contributed by atoms with Crippen LogP contribution in [0.2, 0.25) is 5.02 Å². The number of imide groups is 1. The van der Waals surface area contributed by atoms with Crippen molar-refractivity contribution in [1.29, 1.82) is 0 Å². The second-order valence-corrected chi connectivity index (χ2v) is 22.0. The SMILES string of the molecule is COc1cc(C(=O)N2CCN(c3ccc4c(c3)CN(C3CCC(=O)N(C(C)OP(=O)(O)O)C3=O)C4=O)CC2)ccc1NC(=O)[C@@H]1N[C@@H](CC(C)(C)C)[C@@]2(CNc3cc(C(F)(F)F)ncc32)[C@H]1c1cccc(Cl)c1F. The van der Waals surface area contributed by atoms with Crippen LogP contribution in [0, 0.1) is 11.2 Å². The molecule has 0 saturated carbocycles. The van der Waals surface area contributed by atoms with E-state index in [1.165, 1.54) is 49.4 Å². The largest absolute Gasteiger partial charge is 0.495 e. The summed E-state index contributed by atoms with van der Waals surface area (Å²) in [5.74, 6) is -4.43. The highest BCUT2D eigenvalue weighted by atomic mass is 35.5. The molecule has 394 valence electrons. The van der Waals surface area contributed by atoms with Crippen LogP contribution in [0.5, 0.6) is 5.75 Å². The van der Waals surface area contributed by atoms with Crippen molar-refractivity contribution in [3.05, 3.63) is 111 Å². The number of nitrogens with one attached hydrogen (secondary N) is 3. The van der Waals surface area contributed by atoms with Crippen molar-refractivity contribution in [3.8, 4) is 5.75 Å². The third-order valence-corrected chi connectivity index (χ3v) is 15.5. The van der Waals surface area contributed by atoms with Gasteiger partial charge in [-0.1, -0.05) is 44.5 Å². The van der Waals surface area contributed by atoms with Gasteiger partial charge in [0.15, 0.2) is 0 Å². The first-order valence-corrected chi connectivity index (χ1v) is 25.8. The highest BCUT2D eigenvalue weighted by molar-refractivity contribution is 7.46. The molecule has 5 amide bonds. The number of hydrogen-bond acceptors (Lipinski definition) is 12. The molecule has 24 heteroatoms. The number of carbonyl (C=O) groups is 5. The Balaban J connectivity index is 0.897. The zero-order chi connectivity index (χ0) is 53.4. The van der Waals surface area contributed by atoms with Gasteiger partial charge in [-0.2, -0.15) is 13.2 Å². The van der Waals surface area contributed by atoms with Gasteiger partial charge in [0.05, 0.1) is 23.9 Å². The predicted octanol–water partition coefficient (Wildman–Crippen LogP) is 6.66. The lowest BCUT2D eigenvalue weighted by molar-refractivity contribution is -0.161. The minimum Gasteiger partial charge on any atom is -0.495 e. The van der Waals surface area contributed by atoms with E-state index in [0.717, 1.165) is 11.8 Å². The number of carbonyl (C=O) groups excluding carboxylic acids is 5. The van der Waals surface area contributed by atoms with E-state index in [0.29, 0.717) is 54.2 Å². The van der Waals surface area contributed by atoms with Gasteiger partial charge in [-0.15, -0.1) is 0 Å². The molecule has 6 heterocycles. The number of ether oxygens (including phenoxy) is 1. The molecule has 74 heavy (non-hydrogen) atoms. The molecule has 3 saturated heterocycles. The predicted molar refractivity (Wildman–Crippen MR) is 262 cm³/mol. The Morgan fingerprint density at radius 2 is 1.76 bits per heavy atom. The van der Waals surface area contributed by atoms with Crippen LogP contribution in [-0.2, 0) is 41.6 Å². The molecule has 0 aliphatic carbocycles. The molecular formula is C50H54ClF4N8O10P. The quantitative estimate of drug-likeness (QED) is 0.0603. The summed E-state index contributed by atoms with van der Waals surface area (Å²) >= 11 is 6.36. The van der Waals surface area contributed by atoms with E-state index < -0.39 is 84.8 Å². The number of halogens is 5. The standard InChI is InChI=1S/C50H54ClF4N8O10P/c1-26(73-74(69,70)71)63-40(64)14-13-36(47(63)68)62-24-28-19-29(10-11-30(28)46(62)67)60-15-17-61(18-16-60)45(66)27-9-12-34(37(20-27)72-5)58-44(65)43-41(31-7-6-8-33(51)42(31)52)49(39(59-43)22-48(2,3)4)25-57-35-21-38(50(53,54)55)56-23-32(35)49/h6-12,19-21,23,26,36,39,41,43,57,59H,13-18,22,24-25H2,1-5H3,(H,58,65)(H2,69,70,71)/t26?,36?,39-,41-,43+,49-/m0/s1. The normalized spacial score (nSPS) is 23.5. The molecule has 2 unspecified atom stereocenters. The molecule has 1 aromatic heterocycles. The number of amides is 5. The van der Waals surface area contributed by atoms with Crippen LogP contribution in [0.25, 0.3) is 0 Å². The number of pyridine rings is 1. The van der Waals surface area contributed by atoms with Crippen molar-refractivity contribution < 1.29 is 65.1 Å². The summed E-state index contributed by atoms with van der Waals surface area (Å²) in [5, 5.41) is 9.33. The Morgan fingerprint density at radius 1 is 1.03 bits per heavy atom. The third kappa shape index (κ3) is 9.83. The molecule has 3 aromatic carbocycles. The van der Waals surface area contributed by atoms with Crippen molar-refractivity contribution in [2.45, 2.75) is 95.4 Å². The Kier molecular flexibility index (Phi) is 13.9. The fourth-order valence-corrected chi connectivity index (χ4v) is 12.0. The van der Waals surface area contributed by atoms with Crippen molar-refractivity contribution in [2.75, 3.05) is 55.4 Å². The fourth-order valence-electron chi connectivity index (χ4n) is 11.3. The number of hydrogen-bond donors (Lipinski definition) is 5. The molecule has 4 aromatic rings. The van der Waals surface area contributed by atoms with Gasteiger partial charge < -0.3 is 45.2 Å². The summed E-state index contributed by atoms with van der Waals surface area (Å²) in [6.45, 7) is 8.72. The zero-order valence-corrected chi connectivity index (χ0v) is 42.5. The number of nitrogens with zero attached hydrogens (tertiary/aromatic N) is 5. The average molecular weight is 1070 g/mol. The number of phosphoric acid groups is 1. The minimum atomic E-state index is -5.04. The van der Waals surface area contributed by atoms with Crippen LogP contribution in [0.1, 0.15) is 96.0 Å². The monoisotopic (exact) mass is 1070 g/mol. The van der Waals surface area contributed by atoms with E-state index in [1.54, 1.807) is 29.2 Å². The molecule has 3 fully saturated rings. The second-order valence-electron chi connectivity index (χ2n) is 20.4. The molecular weight excluding hydrogens is 1020 g/mol. The number of piperidine rings is 1. The van der Waals surface area contributed by atoms with Gasteiger partial charge >= 0.3 is 14.0 Å². The maximum atomic E-state index is 16.3. The number of piperazine rings is 1. The number of rotatable bonds is 11. The average Bonchev–Trinajstić information content (AvgIpc) is 3.98. The van der Waals surface area contributed by atoms with Gasteiger partial charge in [0.25, 0.3) is 17.7 Å². The van der Waals surface area contributed by atoms with Crippen LogP contribution in [-0.4, -0.2) is 123 Å². The Bertz CT molecular complexity index is 3000. The van der Waals surface area contributed by atoms with Crippen LogP contribution in [0.3, 0.4) is 0 Å². The van der Waals surface area contributed by atoms with Crippen molar-refractivity contribution in [2.24, 2.45) is 5.41 Å². The molecule has 9 rings (SSSR count). The van der Waals surface area contributed by atoms with E-state index in [2.05, 4.69) is 30.4 Å². The summed E-state index contributed by atoms with van der Waals surface area (Å²) in [6.07, 6.45) is -4.80. The summed E-state index contributed by atoms with van der Waals surface area (Å²) in [4.78, 5) is 96.6. The Morgan fingerprint density at radius 3 is 2.43 bits per heavy atom. The van der Waals surface area contributed by atoms with Crippen LogP contribution in [0.15, 0.2) is 66.9 Å². The Hall–Kier alpha value is -6.16. The Labute approximate surface area is 427 Å². The molecule has 0 bridgehead atoms. The summed E-state index contributed by atoms with van der Waals surface area (Å²) < 4.78 is 79.8. The number of fused-ring (bicyclic) bond motifs is 3. The molecule has 1 spiro atoms. The molecule has 5 N–H and O–H groups in total. The molecule has 5 aliphatic heterocycles. The second kappa shape index (κ2) is 19.5. The fraction of sp³-hybridized carbons (Fsp3) is 0.440. The first kappa shape index (κ1) is 52.7. The number of likely N-dealkylation sites (tertiary alicyclic amines) is 1. The van der Waals surface area contributed by atoms with Gasteiger partial charge in [-0.3, -0.25) is 38.4 Å². The maximum Gasteiger partial charge on any atom is 0.471 e. The van der Waals surface area contributed by atoms with Gasteiger partial charge in [0.1, 0.15) is 29.5 Å². The minimum absolute atomic E-state index is 0.0288. The highest BCUT2D eigenvalue weighted by Gasteiger charge is 2.62. The van der Waals surface area contributed by atoms with E-state index in [9.17, 15) is 51.5 Å². The van der Waals surface area contributed by atoms with E-state index in [4.69, 9.17) is 16.3 Å². The molecule has 6 atom stereocenters. The van der Waals surface area contributed by atoms with Crippen LogP contribution in [0.4, 0.5) is 34.6 Å². The lowest BCUT2D eigenvalue weighted by Crippen LogP contribution is -2.57. The number of methoxy groups -OCH3 is 1. The first-order chi connectivity index (χ1) is 34.8. The molecule has 5 aliphatic rings. The van der Waals surface area contributed by atoms with Crippen molar-refractivity contribution in [1.82, 2.24) is 25.0 Å². The van der Waals surface area contributed by atoms with Gasteiger partial charge in [-0.25, -0.2) is 8.96 Å². The van der Waals surface area contributed by atoms with Crippen LogP contribution >= 0.6 is 19.4 Å². The highest BCUT2D eigenvalue weighted by Crippen LogP contribution is 2.57. The maximum absolute atomic E-state index is 16.3. The summed E-state index contributed by atoms with van der Waals surface area (Å²) in [7, 11) is -3.66. The third-order valence-electron chi connectivity index (χ3n) is 14.6. The summed E-state index contributed by atoms with van der Waals surface area (Å²) in [5.41, 5.74) is 0.281. The van der Waals surface area contributed by atoms with Gasteiger partial charge in [0.2, 0.25) is 11.8 Å². The number of aromatic nitrogens is 1. The van der Waals surface area contributed by atoms with Crippen LogP contribution < -0.4 is 25.6 Å². The lowest BCUT2D eigenvalue weighted by Gasteiger charge is -2.39. The number of alkyl halides is 3. The number of phosphoric ester groups is 1. The molecule has 0 radical (unpaired) electrons. The number of benzene rings is 3. The lowest BCUT2D eigenvalue weighted by atomic mass is 9.63. The number of anilines is 3. The van der Waals surface area contributed by atoms with E-state index in [-0.39, 0.29) is 70.5 Å².